The molecule has 7 aromatic carbocycles. The molecule has 8 rings (SSSR count). The predicted molar refractivity (Wildman–Crippen MR) is 332 cm³/mol. The van der Waals surface area contributed by atoms with Crippen LogP contribution < -0.4 is 31.9 Å². The van der Waals surface area contributed by atoms with Gasteiger partial charge in [0, 0.05) is 11.3 Å². The van der Waals surface area contributed by atoms with E-state index in [9.17, 15) is 43.2 Å². The zero-order chi connectivity index (χ0) is 62.0. The lowest BCUT2D eigenvalue weighted by Gasteiger charge is -2.21. The van der Waals surface area contributed by atoms with E-state index in [0.29, 0.717) is 45.3 Å². The Morgan fingerprint density at radius 1 is 0.372 bits per heavy atom. The summed E-state index contributed by atoms with van der Waals surface area (Å²) in [6.07, 6.45) is 5.25. The largest absolute Gasteiger partial charge is 0.462 e. The van der Waals surface area contributed by atoms with E-state index >= 15 is 0 Å². The smallest absolute Gasteiger partial charge is 0.340 e. The first-order chi connectivity index (χ1) is 41.4. The van der Waals surface area contributed by atoms with Crippen molar-refractivity contribution in [3.05, 3.63) is 215 Å². The quantitative estimate of drug-likeness (QED) is 0.0347. The van der Waals surface area contributed by atoms with Crippen LogP contribution in [0.2, 0.25) is 0 Å². The van der Waals surface area contributed by atoms with Gasteiger partial charge in [0.15, 0.2) is 0 Å². The predicted octanol–water partition coefficient (Wildman–Crippen LogP) is 13.0. The maximum absolute atomic E-state index is 12.9. The number of benzene rings is 7. The summed E-state index contributed by atoms with van der Waals surface area (Å²) < 4.78 is 15.1. The SMILES string of the molecule is CCOC(=O)c1ccccc1NC(=O)c1ccccc1NC(=O)C(C)(C)C.CCOC(=O)c1ccccc1NC(=O)c1ccccc1NC(=O)C1CCCCC1.CCOC(=O)c1ccccc1NC(=O)c1ccccc1NC(=O)Cc1ccccc1. The average molecular weight is 1170 g/mol. The third kappa shape index (κ3) is 19.2. The minimum atomic E-state index is -0.597. The van der Waals surface area contributed by atoms with Crippen LogP contribution in [-0.2, 0) is 35.0 Å². The molecule has 18 nitrogen and oxygen atoms in total. The Morgan fingerprint density at radius 2 is 0.674 bits per heavy atom. The van der Waals surface area contributed by atoms with Crippen molar-refractivity contribution in [2.75, 3.05) is 51.7 Å². The second-order valence-electron chi connectivity index (χ2n) is 20.5. The van der Waals surface area contributed by atoms with E-state index in [0.717, 1.165) is 31.2 Å². The Morgan fingerprint density at radius 3 is 1.02 bits per heavy atom. The van der Waals surface area contributed by atoms with E-state index in [-0.39, 0.29) is 72.1 Å². The van der Waals surface area contributed by atoms with E-state index in [1.807, 2.05) is 30.3 Å². The Labute approximate surface area is 500 Å². The number of para-hydroxylation sites is 6. The fraction of sp³-hybridized carbons (Fsp3) is 0.250. The number of hydrogen-bond donors (Lipinski definition) is 6. The van der Waals surface area contributed by atoms with Crippen molar-refractivity contribution in [1.29, 1.82) is 0 Å². The molecule has 86 heavy (non-hydrogen) atoms. The fourth-order valence-corrected chi connectivity index (χ4v) is 8.76. The van der Waals surface area contributed by atoms with Gasteiger partial charge in [0.2, 0.25) is 17.7 Å². The first-order valence-corrected chi connectivity index (χ1v) is 28.4. The summed E-state index contributed by atoms with van der Waals surface area (Å²) in [5, 5.41) is 16.7. The molecule has 1 aliphatic rings. The summed E-state index contributed by atoms with van der Waals surface area (Å²) in [6.45, 7) is 11.3. The summed E-state index contributed by atoms with van der Waals surface area (Å²) in [6, 6.07) is 49.6. The fourth-order valence-electron chi connectivity index (χ4n) is 8.76. The van der Waals surface area contributed by atoms with Gasteiger partial charge in [0.05, 0.1) is 93.7 Å². The topological polar surface area (TPSA) is 253 Å². The number of nitrogens with one attached hydrogen (secondary N) is 6. The molecule has 1 fully saturated rings. The van der Waals surface area contributed by atoms with Crippen LogP contribution in [0.25, 0.3) is 0 Å². The third-order valence-corrected chi connectivity index (χ3v) is 13.2. The Bertz CT molecular complexity index is 3520. The highest BCUT2D eigenvalue weighted by Gasteiger charge is 2.26. The summed E-state index contributed by atoms with van der Waals surface area (Å²) in [4.78, 5) is 112. The number of anilines is 6. The van der Waals surface area contributed by atoms with Crippen LogP contribution in [0, 0.1) is 11.3 Å². The van der Waals surface area contributed by atoms with Crippen molar-refractivity contribution < 1.29 is 57.4 Å². The van der Waals surface area contributed by atoms with Crippen molar-refractivity contribution in [3.63, 3.8) is 0 Å². The maximum Gasteiger partial charge on any atom is 0.340 e. The van der Waals surface area contributed by atoms with Gasteiger partial charge < -0.3 is 46.1 Å². The van der Waals surface area contributed by atoms with Crippen LogP contribution in [-0.4, -0.2) is 73.2 Å². The minimum Gasteiger partial charge on any atom is -0.462 e. The van der Waals surface area contributed by atoms with Crippen LogP contribution in [0.15, 0.2) is 176 Å². The molecule has 0 aromatic heterocycles. The van der Waals surface area contributed by atoms with Gasteiger partial charge in [0.1, 0.15) is 0 Å². The van der Waals surface area contributed by atoms with Gasteiger partial charge in [-0.25, -0.2) is 14.4 Å². The number of esters is 3. The molecule has 6 amide bonds. The van der Waals surface area contributed by atoms with Gasteiger partial charge in [-0.1, -0.05) is 143 Å². The number of rotatable bonds is 18. The summed E-state index contributed by atoms with van der Waals surface area (Å²) in [5.41, 5.74) is 4.34. The minimum absolute atomic E-state index is 0.00981. The molecule has 0 aliphatic heterocycles. The normalized spacial score (nSPS) is 11.7. The van der Waals surface area contributed by atoms with Crippen LogP contribution in [0.4, 0.5) is 34.1 Å². The number of ether oxygens (including phenoxy) is 3. The lowest BCUT2D eigenvalue weighted by molar-refractivity contribution is -0.123. The van der Waals surface area contributed by atoms with E-state index in [1.54, 1.807) is 187 Å². The zero-order valence-electron chi connectivity index (χ0n) is 49.1. The van der Waals surface area contributed by atoms with Gasteiger partial charge in [-0.15, -0.1) is 0 Å². The first kappa shape index (κ1) is 64.9. The van der Waals surface area contributed by atoms with Crippen molar-refractivity contribution in [2.45, 2.75) is 80.1 Å². The van der Waals surface area contributed by atoms with Crippen molar-refractivity contribution in [1.82, 2.24) is 0 Å². The second-order valence-corrected chi connectivity index (χ2v) is 20.5. The van der Waals surface area contributed by atoms with Gasteiger partial charge in [-0.2, -0.15) is 0 Å². The van der Waals surface area contributed by atoms with Crippen LogP contribution in [0.3, 0.4) is 0 Å². The molecule has 0 saturated heterocycles. The lowest BCUT2D eigenvalue weighted by atomic mass is 9.88. The van der Waals surface area contributed by atoms with E-state index in [1.165, 1.54) is 6.42 Å². The molecular weight excluding hydrogens is 1090 g/mol. The molecule has 446 valence electrons. The number of amides is 6. The second kappa shape index (κ2) is 32.6. The summed E-state index contributed by atoms with van der Waals surface area (Å²) in [7, 11) is 0. The van der Waals surface area contributed by atoms with Crippen molar-refractivity contribution in [2.24, 2.45) is 11.3 Å². The van der Waals surface area contributed by atoms with Crippen molar-refractivity contribution in [3.8, 4) is 0 Å². The Balaban J connectivity index is 0.000000207. The highest BCUT2D eigenvalue weighted by molar-refractivity contribution is 6.14. The molecular formula is C68H72N6O12. The molecule has 0 radical (unpaired) electrons. The monoisotopic (exact) mass is 1160 g/mol. The molecule has 7 aromatic rings. The Hall–Kier alpha value is -10.2. The molecule has 0 atom stereocenters. The van der Waals surface area contributed by atoms with Crippen LogP contribution in [0.1, 0.15) is 141 Å². The highest BCUT2D eigenvalue weighted by atomic mass is 16.5. The van der Waals surface area contributed by atoms with Gasteiger partial charge in [0.25, 0.3) is 17.7 Å². The van der Waals surface area contributed by atoms with Gasteiger partial charge in [-0.05, 0) is 112 Å². The van der Waals surface area contributed by atoms with E-state index in [2.05, 4.69) is 31.9 Å². The van der Waals surface area contributed by atoms with Crippen LogP contribution in [0.5, 0.6) is 0 Å². The van der Waals surface area contributed by atoms with Crippen LogP contribution >= 0.6 is 0 Å². The molecule has 0 bridgehead atoms. The molecule has 1 aliphatic carbocycles. The summed E-state index contributed by atoms with van der Waals surface area (Å²) in [5.74, 6) is -3.28. The van der Waals surface area contributed by atoms with E-state index in [4.69, 9.17) is 14.2 Å². The zero-order valence-corrected chi connectivity index (χ0v) is 49.1. The molecule has 1 saturated carbocycles. The van der Waals surface area contributed by atoms with E-state index < -0.39 is 41.0 Å². The summed E-state index contributed by atoms with van der Waals surface area (Å²) >= 11 is 0. The Kier molecular flexibility index (Phi) is 24.6. The highest BCUT2D eigenvalue weighted by Crippen LogP contribution is 2.28. The number of carbonyl (C=O) groups is 9. The maximum atomic E-state index is 12.9. The van der Waals surface area contributed by atoms with Gasteiger partial charge in [-0.3, -0.25) is 28.8 Å². The number of carbonyl (C=O) groups excluding carboxylic acids is 9. The molecule has 0 unspecified atom stereocenters. The molecule has 0 heterocycles. The lowest BCUT2D eigenvalue weighted by Crippen LogP contribution is -2.29. The average Bonchev–Trinajstić information content (AvgIpc) is 3.65. The molecule has 6 N–H and O–H groups in total. The van der Waals surface area contributed by atoms with Gasteiger partial charge >= 0.3 is 17.9 Å². The first-order valence-electron chi connectivity index (χ1n) is 28.4. The molecule has 18 heteroatoms. The standard InChI is InChI=1S/C24H22N2O4.C23H26N2O4.C21H24N2O4/c1-2-30-24(29)19-13-7-9-15-21(19)26-23(28)18-12-6-8-14-20(18)25-22(27)16-17-10-4-3-5-11-17;1-2-29-23(28)18-13-7-9-15-20(18)25-22(27)17-12-6-8-14-19(17)24-21(26)16-10-4-3-5-11-16;1-5-27-19(25)15-11-7-9-13-17(15)22-18(24)14-10-6-8-12-16(14)23-20(26)21(2,3)4/h3-15H,2,16H2,1H3,(H,25,27)(H,26,28);6-9,12-16H,2-5,10-11H2,1H3,(H,24,26)(H,25,27);6-13H,5H2,1-4H3,(H,22,24)(H,23,26). The third-order valence-electron chi connectivity index (χ3n) is 13.2. The molecule has 0 spiro atoms. The number of hydrogen-bond acceptors (Lipinski definition) is 12. The van der Waals surface area contributed by atoms with Crippen molar-refractivity contribution >= 4 is 87.5 Å².